The monoisotopic (exact) mass is 129 g/mol. The third-order valence-electron chi connectivity index (χ3n) is 0.776. The Labute approximate surface area is 50.7 Å². The summed E-state index contributed by atoms with van der Waals surface area (Å²) in [6, 6.07) is 1.57. The fraction of sp³-hybridized carbons (Fsp3) is 0.200. The summed E-state index contributed by atoms with van der Waals surface area (Å²) in [5, 5.41) is 0. The summed E-state index contributed by atoms with van der Waals surface area (Å²) in [4.78, 5) is 0.685. The molecule has 0 amide bonds. The Morgan fingerprint density at radius 3 is 2.88 bits per heavy atom. The average molecular weight is 129 g/mol. The first-order valence-electron chi connectivity index (χ1n) is 2.08. The molecule has 0 aliphatic heterocycles. The Kier molecular flexibility index (Phi) is 1.60. The van der Waals surface area contributed by atoms with E-state index in [1.165, 1.54) is 6.26 Å². The van der Waals surface area contributed by atoms with E-state index in [-0.39, 0.29) is 0 Å². The Balaban J connectivity index is 2.77. The Hall–Kier alpha value is -0.410. The predicted molar refractivity (Wildman–Crippen MR) is 29.9 cm³/mol. The molecule has 2 nitrogen and oxygen atoms in total. The van der Waals surface area contributed by atoms with Crippen molar-refractivity contribution in [3.05, 3.63) is 18.6 Å². The number of furan rings is 1. The van der Waals surface area contributed by atoms with Gasteiger partial charge in [-0.2, -0.15) is 0 Å². The quantitative estimate of drug-likeness (QED) is 0.526. The molecule has 43 valence electrons. The van der Waals surface area contributed by atoms with Gasteiger partial charge < -0.3 is 8.97 Å². The van der Waals surface area contributed by atoms with Crippen LogP contribution in [-0.2, 0) is 11.2 Å². The lowest BCUT2D eigenvalue weighted by Gasteiger charge is -1.96. The molecule has 1 heterocycles. The van der Waals surface area contributed by atoms with Gasteiger partial charge in [-0.25, -0.2) is 0 Å². The maximum absolute atomic E-state index is 10.5. The van der Waals surface area contributed by atoms with Gasteiger partial charge in [-0.15, -0.1) is 0 Å². The average Bonchev–Trinajstić information content (AvgIpc) is 2.12. The van der Waals surface area contributed by atoms with Crippen LogP contribution >= 0.6 is 0 Å². The summed E-state index contributed by atoms with van der Waals surface area (Å²) in [5.74, 6) is 0. The molecule has 0 bridgehead atoms. The molecule has 0 saturated carbocycles. The Morgan fingerprint density at radius 1 is 1.88 bits per heavy atom. The lowest BCUT2D eigenvalue weighted by atomic mass is 10.7. The van der Waals surface area contributed by atoms with Crippen molar-refractivity contribution >= 4 is 11.2 Å². The van der Waals surface area contributed by atoms with Crippen molar-refractivity contribution in [2.45, 2.75) is 4.90 Å². The van der Waals surface area contributed by atoms with Crippen LogP contribution in [0.3, 0.4) is 0 Å². The second-order valence-corrected chi connectivity index (χ2v) is 2.73. The molecule has 0 aliphatic rings. The normalized spacial score (nSPS) is 13.8. The van der Waals surface area contributed by atoms with Gasteiger partial charge >= 0.3 is 0 Å². The minimum atomic E-state index is -0.923. The summed E-state index contributed by atoms with van der Waals surface area (Å²) in [6.45, 7) is 0. The number of hydrogen-bond donors (Lipinski definition) is 0. The molecule has 0 saturated heterocycles. The van der Waals surface area contributed by atoms with Crippen LogP contribution in [0.2, 0.25) is 0 Å². The molecule has 1 rings (SSSR count). The van der Waals surface area contributed by atoms with Crippen LogP contribution in [0, 0.1) is 6.26 Å². The Morgan fingerprint density at radius 2 is 2.62 bits per heavy atom. The zero-order chi connectivity index (χ0) is 5.98. The van der Waals surface area contributed by atoms with Crippen molar-refractivity contribution in [1.29, 1.82) is 0 Å². The van der Waals surface area contributed by atoms with Crippen molar-refractivity contribution in [3.63, 3.8) is 0 Å². The van der Waals surface area contributed by atoms with Gasteiger partial charge in [0, 0.05) is 6.07 Å². The molecule has 0 N–H and O–H groups in total. The molecule has 3 heteroatoms. The van der Waals surface area contributed by atoms with Gasteiger partial charge in [0.2, 0.25) is 0 Å². The predicted octanol–water partition coefficient (Wildman–Crippen LogP) is 0.817. The lowest BCUT2D eigenvalue weighted by molar-refractivity contribution is 0.549. The minimum Gasteiger partial charge on any atom is -0.612 e. The fourth-order valence-electron chi connectivity index (χ4n) is 0.369. The van der Waals surface area contributed by atoms with Crippen molar-refractivity contribution in [3.8, 4) is 0 Å². The summed E-state index contributed by atoms with van der Waals surface area (Å²) < 4.78 is 15.1. The second kappa shape index (κ2) is 2.24. The van der Waals surface area contributed by atoms with Crippen molar-refractivity contribution in [2.24, 2.45) is 0 Å². The third-order valence-corrected chi connectivity index (χ3v) is 1.65. The molecule has 1 aromatic rings. The number of hydrogen-bond acceptors (Lipinski definition) is 2. The molecule has 1 aromatic heterocycles. The molecule has 0 fully saturated rings. The highest BCUT2D eigenvalue weighted by atomic mass is 32.2. The van der Waals surface area contributed by atoms with E-state index in [2.05, 4.69) is 10.7 Å². The van der Waals surface area contributed by atoms with E-state index in [1.807, 2.05) is 0 Å². The third kappa shape index (κ3) is 1.05. The lowest BCUT2D eigenvalue weighted by Crippen LogP contribution is -1.93. The van der Waals surface area contributed by atoms with Gasteiger partial charge in [-0.1, -0.05) is 0 Å². The molecular formula is C5H5O2S. The molecule has 1 radical (unpaired) electrons. The van der Waals surface area contributed by atoms with Gasteiger partial charge in [0.15, 0.2) is 11.2 Å². The molecule has 8 heavy (non-hydrogen) atoms. The van der Waals surface area contributed by atoms with E-state index in [1.54, 1.807) is 12.3 Å². The summed E-state index contributed by atoms with van der Waals surface area (Å²) in [7, 11) is 0. The highest BCUT2D eigenvalue weighted by Gasteiger charge is 2.02. The summed E-state index contributed by atoms with van der Waals surface area (Å²) in [6.07, 6.45) is 5.47. The first-order chi connectivity index (χ1) is 3.80. The second-order valence-electron chi connectivity index (χ2n) is 1.35. The van der Waals surface area contributed by atoms with Crippen molar-refractivity contribution in [2.75, 3.05) is 6.26 Å². The van der Waals surface area contributed by atoms with E-state index < -0.39 is 11.2 Å². The zero-order valence-electron chi connectivity index (χ0n) is 4.38. The van der Waals surface area contributed by atoms with Crippen LogP contribution in [0.25, 0.3) is 0 Å². The molecule has 1 atom stereocenters. The summed E-state index contributed by atoms with van der Waals surface area (Å²) >= 11 is -0.923. The first-order valence-corrected chi connectivity index (χ1v) is 3.64. The smallest absolute Gasteiger partial charge is 0.191 e. The maximum atomic E-state index is 10.5. The minimum absolute atomic E-state index is 0.685. The molecule has 1 unspecified atom stereocenters. The van der Waals surface area contributed by atoms with E-state index in [4.69, 9.17) is 0 Å². The van der Waals surface area contributed by atoms with Gasteiger partial charge in [-0.3, -0.25) is 0 Å². The highest BCUT2D eigenvalue weighted by Crippen LogP contribution is 2.06. The van der Waals surface area contributed by atoms with Gasteiger partial charge in [0.05, 0.1) is 0 Å². The van der Waals surface area contributed by atoms with Crippen molar-refractivity contribution < 1.29 is 8.97 Å². The van der Waals surface area contributed by atoms with Crippen LogP contribution in [0.4, 0.5) is 0 Å². The SMILES string of the molecule is C[S+]([O-])c1c[c]oc1. The van der Waals surface area contributed by atoms with Crippen LogP contribution < -0.4 is 0 Å². The standard InChI is InChI=1S/C5H5O2S/c1-8(6)5-2-3-7-4-5/h2,4H,1H3. The van der Waals surface area contributed by atoms with E-state index in [9.17, 15) is 4.55 Å². The number of rotatable bonds is 1. The van der Waals surface area contributed by atoms with Crippen LogP contribution in [0.5, 0.6) is 0 Å². The van der Waals surface area contributed by atoms with Crippen molar-refractivity contribution in [1.82, 2.24) is 0 Å². The molecule has 0 aromatic carbocycles. The Bertz CT molecular complexity index is 145. The van der Waals surface area contributed by atoms with Gasteiger partial charge in [0.25, 0.3) is 0 Å². The topological polar surface area (TPSA) is 36.2 Å². The van der Waals surface area contributed by atoms with Crippen LogP contribution in [0.15, 0.2) is 21.6 Å². The van der Waals surface area contributed by atoms with Gasteiger partial charge in [-0.05, 0) is 11.2 Å². The van der Waals surface area contributed by atoms with E-state index in [0.717, 1.165) is 0 Å². The van der Waals surface area contributed by atoms with Crippen LogP contribution in [-0.4, -0.2) is 10.8 Å². The summed E-state index contributed by atoms with van der Waals surface area (Å²) in [5.41, 5.74) is 0. The van der Waals surface area contributed by atoms with Gasteiger partial charge in [0.1, 0.15) is 12.5 Å². The van der Waals surface area contributed by atoms with Crippen LogP contribution in [0.1, 0.15) is 0 Å². The fourth-order valence-corrected chi connectivity index (χ4v) is 0.767. The maximum Gasteiger partial charge on any atom is 0.191 e. The highest BCUT2D eigenvalue weighted by molar-refractivity contribution is 7.90. The first kappa shape index (κ1) is 5.72. The van der Waals surface area contributed by atoms with E-state index >= 15 is 0 Å². The molecular weight excluding hydrogens is 124 g/mol. The molecule has 0 spiro atoms. The molecule has 0 aliphatic carbocycles. The van der Waals surface area contributed by atoms with E-state index in [0.29, 0.717) is 4.90 Å². The largest absolute Gasteiger partial charge is 0.612 e. The zero-order valence-corrected chi connectivity index (χ0v) is 5.20.